The molecule has 0 aliphatic carbocycles. The Morgan fingerprint density at radius 3 is 2.50 bits per heavy atom. The summed E-state index contributed by atoms with van der Waals surface area (Å²) in [6.45, 7) is 1.97. The number of nitrogens with one attached hydrogen (secondary N) is 1. The van der Waals surface area contributed by atoms with Crippen LogP contribution in [0, 0.1) is 5.82 Å². The maximum Gasteiger partial charge on any atom is 0.339 e. The molecule has 3 N–H and O–H groups in total. The van der Waals surface area contributed by atoms with Gasteiger partial charge < -0.3 is 19.7 Å². The van der Waals surface area contributed by atoms with E-state index < -0.39 is 59.8 Å². The van der Waals surface area contributed by atoms with Crippen LogP contribution in [0.3, 0.4) is 0 Å². The summed E-state index contributed by atoms with van der Waals surface area (Å²) in [7, 11) is 0. The number of H-pyrrole nitrogens is 1. The Bertz CT molecular complexity index is 805. The minimum atomic E-state index is -1.80. The van der Waals surface area contributed by atoms with Crippen LogP contribution in [0.2, 0.25) is 0 Å². The highest BCUT2D eigenvalue weighted by atomic mass is 19.1. The van der Waals surface area contributed by atoms with Crippen molar-refractivity contribution in [1.82, 2.24) is 9.55 Å². The van der Waals surface area contributed by atoms with Gasteiger partial charge in [-0.3, -0.25) is 24.0 Å². The van der Waals surface area contributed by atoms with Gasteiger partial charge in [-0.25, -0.2) is 9.59 Å². The molecule has 1 aromatic heterocycles. The molecular weight excluding hydrogens is 363 g/mol. The first-order valence-electron chi connectivity index (χ1n) is 7.15. The number of ether oxygens (including phenoxy) is 2. The lowest BCUT2D eigenvalue weighted by atomic mass is 10.1. The largest absolute Gasteiger partial charge is 0.429 e. The summed E-state index contributed by atoms with van der Waals surface area (Å²) in [5, 5.41) is 20.2. The Hall–Kier alpha value is -2.61. The molecule has 1 unspecified atom stereocenters. The van der Waals surface area contributed by atoms with Crippen molar-refractivity contribution in [1.29, 1.82) is 0 Å². The van der Waals surface area contributed by atoms with Crippen LogP contribution >= 0.6 is 0 Å². The van der Waals surface area contributed by atoms with E-state index in [1.165, 1.54) is 0 Å². The van der Waals surface area contributed by atoms with E-state index in [9.17, 15) is 33.8 Å². The number of aliphatic hydroxyl groups is 2. The molecule has 0 spiro atoms. The molecule has 1 fully saturated rings. The SMILES string of the molecule is CC(=O)OOC(OC(C)=O)[C@H]1O[C@@H](n2cc(F)c(=O)[nH]c2=O)[C@H](O)[C@@H]1O. The lowest BCUT2D eigenvalue weighted by Crippen LogP contribution is -2.42. The number of hydrogen-bond acceptors (Lipinski definition) is 10. The molecule has 1 aliphatic heterocycles. The third kappa shape index (κ3) is 4.13. The zero-order chi connectivity index (χ0) is 19.6. The zero-order valence-corrected chi connectivity index (χ0v) is 13.4. The Kier molecular flexibility index (Phi) is 5.86. The maximum atomic E-state index is 13.4. The van der Waals surface area contributed by atoms with Crippen LogP contribution < -0.4 is 11.2 Å². The summed E-state index contributed by atoms with van der Waals surface area (Å²) >= 11 is 0. The van der Waals surface area contributed by atoms with E-state index in [0.717, 1.165) is 13.8 Å². The van der Waals surface area contributed by atoms with E-state index in [1.54, 1.807) is 4.98 Å². The average molecular weight is 378 g/mol. The van der Waals surface area contributed by atoms with Crippen LogP contribution in [0.1, 0.15) is 20.1 Å². The fraction of sp³-hybridized carbons (Fsp3) is 0.538. The molecule has 0 aromatic carbocycles. The molecule has 0 amide bonds. The Balaban J connectivity index is 2.30. The van der Waals surface area contributed by atoms with E-state index >= 15 is 0 Å². The molecule has 5 atom stereocenters. The Morgan fingerprint density at radius 2 is 1.92 bits per heavy atom. The summed E-state index contributed by atoms with van der Waals surface area (Å²) in [4.78, 5) is 55.3. The highest BCUT2D eigenvalue weighted by Gasteiger charge is 2.50. The van der Waals surface area contributed by atoms with Crippen molar-refractivity contribution in [3.05, 3.63) is 32.9 Å². The highest BCUT2D eigenvalue weighted by molar-refractivity contribution is 5.66. The number of carbonyl (C=O) groups is 2. The number of carbonyl (C=O) groups excluding carboxylic acids is 2. The molecule has 2 heterocycles. The minimum Gasteiger partial charge on any atom is -0.429 e. The van der Waals surface area contributed by atoms with Gasteiger partial charge >= 0.3 is 17.6 Å². The van der Waals surface area contributed by atoms with Gasteiger partial charge in [0.1, 0.15) is 12.2 Å². The van der Waals surface area contributed by atoms with Crippen molar-refractivity contribution in [3.8, 4) is 0 Å². The molecule has 1 aliphatic rings. The van der Waals surface area contributed by atoms with Gasteiger partial charge in [0.2, 0.25) is 5.82 Å². The predicted molar refractivity (Wildman–Crippen MR) is 75.6 cm³/mol. The van der Waals surface area contributed by atoms with E-state index in [4.69, 9.17) is 9.47 Å². The minimum absolute atomic E-state index is 0.470. The van der Waals surface area contributed by atoms with Gasteiger partial charge in [0.15, 0.2) is 12.3 Å². The van der Waals surface area contributed by atoms with Crippen molar-refractivity contribution in [2.75, 3.05) is 0 Å². The van der Waals surface area contributed by atoms with Crippen molar-refractivity contribution in [2.45, 2.75) is 44.7 Å². The monoisotopic (exact) mass is 378 g/mol. The number of halogens is 1. The lowest BCUT2D eigenvalue weighted by molar-refractivity contribution is -0.366. The molecule has 0 radical (unpaired) electrons. The fourth-order valence-electron chi connectivity index (χ4n) is 2.21. The zero-order valence-electron chi connectivity index (χ0n) is 13.4. The van der Waals surface area contributed by atoms with E-state index in [1.807, 2.05) is 0 Å². The van der Waals surface area contributed by atoms with Gasteiger partial charge in [-0.05, 0) is 0 Å². The number of aromatic nitrogens is 2. The predicted octanol–water partition coefficient (Wildman–Crippen LogP) is -2.32. The number of aliphatic hydroxyl groups excluding tert-OH is 2. The Labute approximate surface area is 143 Å². The molecule has 13 heteroatoms. The number of nitrogens with zero attached hydrogens (tertiary/aromatic N) is 1. The van der Waals surface area contributed by atoms with Crippen molar-refractivity contribution < 1.29 is 43.4 Å². The van der Waals surface area contributed by atoms with E-state index in [2.05, 4.69) is 9.78 Å². The molecule has 2 rings (SSSR count). The van der Waals surface area contributed by atoms with Crippen LogP contribution in [0.4, 0.5) is 4.39 Å². The summed E-state index contributed by atoms with van der Waals surface area (Å²) in [6.07, 6.45) is -8.19. The van der Waals surface area contributed by atoms with Crippen LogP contribution in [-0.2, 0) is 28.8 Å². The van der Waals surface area contributed by atoms with Gasteiger partial charge in [-0.1, -0.05) is 0 Å². The van der Waals surface area contributed by atoms with Gasteiger partial charge in [0, 0.05) is 13.8 Å². The second-order valence-electron chi connectivity index (χ2n) is 5.26. The highest BCUT2D eigenvalue weighted by Crippen LogP contribution is 2.31. The molecule has 0 bridgehead atoms. The first kappa shape index (κ1) is 19.7. The molecule has 144 valence electrons. The van der Waals surface area contributed by atoms with Crippen molar-refractivity contribution in [2.24, 2.45) is 0 Å². The topological polar surface area (TPSA) is 166 Å². The number of esters is 1. The quantitative estimate of drug-likeness (QED) is 0.219. The van der Waals surface area contributed by atoms with Crippen molar-refractivity contribution in [3.63, 3.8) is 0 Å². The number of aromatic amines is 1. The summed E-state index contributed by atoms with van der Waals surface area (Å²) < 4.78 is 23.8. The third-order valence-corrected chi connectivity index (χ3v) is 3.28. The van der Waals surface area contributed by atoms with Crippen LogP contribution in [0.5, 0.6) is 0 Å². The summed E-state index contributed by atoms with van der Waals surface area (Å²) in [5.74, 6) is -3.15. The van der Waals surface area contributed by atoms with Gasteiger partial charge in [-0.2, -0.15) is 4.39 Å². The Morgan fingerprint density at radius 1 is 1.27 bits per heavy atom. The first-order chi connectivity index (χ1) is 12.1. The molecule has 26 heavy (non-hydrogen) atoms. The van der Waals surface area contributed by atoms with E-state index in [0.29, 0.717) is 10.8 Å². The second-order valence-corrected chi connectivity index (χ2v) is 5.26. The average Bonchev–Trinajstić information content (AvgIpc) is 2.83. The van der Waals surface area contributed by atoms with Crippen molar-refractivity contribution >= 4 is 11.9 Å². The lowest BCUT2D eigenvalue weighted by Gasteiger charge is -2.23. The molecule has 12 nitrogen and oxygen atoms in total. The van der Waals surface area contributed by atoms with Crippen LogP contribution in [-0.4, -0.2) is 56.3 Å². The third-order valence-electron chi connectivity index (χ3n) is 3.28. The first-order valence-corrected chi connectivity index (χ1v) is 7.15. The smallest absolute Gasteiger partial charge is 0.339 e. The van der Waals surface area contributed by atoms with Gasteiger partial charge in [-0.15, -0.1) is 4.89 Å². The van der Waals surface area contributed by atoms with Gasteiger partial charge in [0.05, 0.1) is 6.20 Å². The summed E-state index contributed by atoms with van der Waals surface area (Å²) in [6, 6.07) is 0. The maximum absolute atomic E-state index is 13.4. The normalized spacial score (nSPS) is 26.3. The standard InChI is InChI=1S/C13H15FN2O10/c1-4(17)23-12(26-25-5(2)18)9-7(19)8(20)11(24-9)16-3-6(14)10(21)15-13(16)22/h3,7-9,11-12,19-20H,1-2H3,(H,15,21,22)/t7-,8+,9-,11+,12?/m0/s1. The van der Waals surface area contributed by atoms with E-state index in [-0.39, 0.29) is 0 Å². The number of rotatable bonds is 5. The van der Waals surface area contributed by atoms with Crippen LogP contribution in [0.15, 0.2) is 15.8 Å². The second kappa shape index (κ2) is 7.74. The van der Waals surface area contributed by atoms with Gasteiger partial charge in [0.25, 0.3) is 11.8 Å². The summed E-state index contributed by atoms with van der Waals surface area (Å²) in [5.41, 5.74) is -2.41. The molecule has 1 aromatic rings. The van der Waals surface area contributed by atoms with Crippen LogP contribution in [0.25, 0.3) is 0 Å². The molecular formula is C13H15FN2O10. The molecule has 0 saturated carbocycles. The number of hydrogen-bond donors (Lipinski definition) is 3. The fourth-order valence-corrected chi connectivity index (χ4v) is 2.21. The molecule has 1 saturated heterocycles.